The zero-order valence-corrected chi connectivity index (χ0v) is 13.4. The molecular formula is C18H19F2N3O. The van der Waals surface area contributed by atoms with Crippen molar-refractivity contribution in [3.05, 3.63) is 59.7 Å². The van der Waals surface area contributed by atoms with Crippen LogP contribution in [0.25, 0.3) is 0 Å². The SMILES string of the molecule is CN1CCN(C(=O)c2ccc(F)c(F)c2Nc2ccccc2)CC1. The van der Waals surface area contributed by atoms with Gasteiger partial charge in [-0.15, -0.1) is 0 Å². The summed E-state index contributed by atoms with van der Waals surface area (Å²) in [6.45, 7) is 2.66. The highest BCUT2D eigenvalue weighted by Crippen LogP contribution is 2.27. The smallest absolute Gasteiger partial charge is 0.256 e. The van der Waals surface area contributed by atoms with E-state index < -0.39 is 11.6 Å². The number of hydrogen-bond acceptors (Lipinski definition) is 3. The van der Waals surface area contributed by atoms with Crippen LogP contribution in [0.4, 0.5) is 20.2 Å². The number of piperazine rings is 1. The topological polar surface area (TPSA) is 35.6 Å². The van der Waals surface area contributed by atoms with Crippen LogP contribution in [0.3, 0.4) is 0 Å². The molecule has 3 rings (SSSR count). The molecule has 0 bridgehead atoms. The van der Waals surface area contributed by atoms with Crippen LogP contribution in [-0.2, 0) is 0 Å². The third-order valence-electron chi connectivity index (χ3n) is 4.16. The Bertz CT molecular complexity index is 729. The van der Waals surface area contributed by atoms with Crippen molar-refractivity contribution in [2.75, 3.05) is 38.5 Å². The Morgan fingerprint density at radius 3 is 2.33 bits per heavy atom. The van der Waals surface area contributed by atoms with Crippen molar-refractivity contribution < 1.29 is 13.6 Å². The van der Waals surface area contributed by atoms with Crippen LogP contribution in [0.2, 0.25) is 0 Å². The Morgan fingerprint density at radius 1 is 1.00 bits per heavy atom. The van der Waals surface area contributed by atoms with Crippen molar-refractivity contribution in [3.63, 3.8) is 0 Å². The number of amides is 1. The Kier molecular flexibility index (Phi) is 4.76. The second-order valence-corrected chi connectivity index (χ2v) is 5.87. The zero-order valence-electron chi connectivity index (χ0n) is 13.4. The third-order valence-corrected chi connectivity index (χ3v) is 4.16. The molecule has 6 heteroatoms. The van der Waals surface area contributed by atoms with Crippen LogP contribution in [0.1, 0.15) is 10.4 Å². The molecule has 1 amide bonds. The van der Waals surface area contributed by atoms with Gasteiger partial charge in [0, 0.05) is 31.9 Å². The van der Waals surface area contributed by atoms with Gasteiger partial charge in [-0.3, -0.25) is 4.79 Å². The first kappa shape index (κ1) is 16.4. The summed E-state index contributed by atoms with van der Waals surface area (Å²) in [5, 5.41) is 2.84. The fourth-order valence-electron chi connectivity index (χ4n) is 2.70. The molecule has 2 aromatic carbocycles. The molecule has 0 aliphatic carbocycles. The first-order chi connectivity index (χ1) is 11.6. The van der Waals surface area contributed by atoms with E-state index in [4.69, 9.17) is 0 Å². The quantitative estimate of drug-likeness (QED) is 0.939. The predicted molar refractivity (Wildman–Crippen MR) is 89.5 cm³/mol. The van der Waals surface area contributed by atoms with Crippen LogP contribution >= 0.6 is 0 Å². The second-order valence-electron chi connectivity index (χ2n) is 5.87. The molecule has 4 nitrogen and oxygen atoms in total. The van der Waals surface area contributed by atoms with Crippen molar-refractivity contribution >= 4 is 17.3 Å². The average molecular weight is 331 g/mol. The van der Waals surface area contributed by atoms with E-state index in [9.17, 15) is 13.6 Å². The molecule has 0 atom stereocenters. The van der Waals surface area contributed by atoms with E-state index in [1.807, 2.05) is 13.1 Å². The van der Waals surface area contributed by atoms with E-state index in [0.717, 1.165) is 19.2 Å². The molecule has 0 radical (unpaired) electrons. The number of nitrogens with zero attached hydrogens (tertiary/aromatic N) is 2. The highest BCUT2D eigenvalue weighted by molar-refractivity contribution is 6.00. The lowest BCUT2D eigenvalue weighted by Crippen LogP contribution is -2.47. The Hall–Kier alpha value is -2.47. The Morgan fingerprint density at radius 2 is 1.67 bits per heavy atom. The van der Waals surface area contributed by atoms with Gasteiger partial charge in [-0.2, -0.15) is 0 Å². The van der Waals surface area contributed by atoms with Crippen LogP contribution in [0, 0.1) is 11.6 Å². The summed E-state index contributed by atoms with van der Waals surface area (Å²) < 4.78 is 28.0. The number of benzene rings is 2. The molecule has 24 heavy (non-hydrogen) atoms. The van der Waals surface area contributed by atoms with E-state index in [2.05, 4.69) is 10.2 Å². The van der Waals surface area contributed by atoms with Crippen molar-refractivity contribution in [1.29, 1.82) is 0 Å². The number of rotatable bonds is 3. The monoisotopic (exact) mass is 331 g/mol. The van der Waals surface area contributed by atoms with Gasteiger partial charge in [0.2, 0.25) is 0 Å². The minimum Gasteiger partial charge on any atom is -0.352 e. The molecule has 0 saturated carbocycles. The molecular weight excluding hydrogens is 312 g/mol. The Labute approximate surface area is 139 Å². The number of likely N-dealkylation sites (N-methyl/N-ethyl adjacent to an activating group) is 1. The summed E-state index contributed by atoms with van der Waals surface area (Å²) in [6.07, 6.45) is 0. The third kappa shape index (κ3) is 3.38. The molecule has 1 fully saturated rings. The standard InChI is InChI=1S/C18H19F2N3O/c1-22-9-11-23(12-10-22)18(24)14-7-8-15(19)16(20)17(14)21-13-5-3-2-4-6-13/h2-8,21H,9-12H2,1H3. The van der Waals surface area contributed by atoms with Crippen molar-refractivity contribution in [2.45, 2.75) is 0 Å². The molecule has 0 spiro atoms. The fraction of sp³-hybridized carbons (Fsp3) is 0.278. The largest absolute Gasteiger partial charge is 0.352 e. The maximum absolute atomic E-state index is 14.3. The summed E-state index contributed by atoms with van der Waals surface area (Å²) in [7, 11) is 1.99. The molecule has 1 saturated heterocycles. The number of halogens is 2. The maximum Gasteiger partial charge on any atom is 0.256 e. The highest BCUT2D eigenvalue weighted by atomic mass is 19.2. The first-order valence-electron chi connectivity index (χ1n) is 7.84. The van der Waals surface area contributed by atoms with Gasteiger partial charge in [-0.1, -0.05) is 18.2 Å². The number of anilines is 2. The van der Waals surface area contributed by atoms with Gasteiger partial charge >= 0.3 is 0 Å². The average Bonchev–Trinajstić information content (AvgIpc) is 2.60. The lowest BCUT2D eigenvalue weighted by Gasteiger charge is -2.32. The number of nitrogens with one attached hydrogen (secondary N) is 1. The van der Waals surface area contributed by atoms with Gasteiger partial charge in [0.1, 0.15) is 0 Å². The predicted octanol–water partition coefficient (Wildman–Crippen LogP) is 3.10. The molecule has 0 unspecified atom stereocenters. The van der Waals surface area contributed by atoms with Gasteiger partial charge in [-0.05, 0) is 31.3 Å². The maximum atomic E-state index is 14.3. The zero-order chi connectivity index (χ0) is 17.1. The minimum absolute atomic E-state index is 0.120. The number of para-hydroxylation sites is 1. The fourth-order valence-corrected chi connectivity index (χ4v) is 2.70. The summed E-state index contributed by atoms with van der Waals surface area (Å²) in [6, 6.07) is 11.2. The van der Waals surface area contributed by atoms with Gasteiger partial charge < -0.3 is 15.1 Å². The normalized spacial score (nSPS) is 15.4. The molecule has 126 valence electrons. The number of hydrogen-bond donors (Lipinski definition) is 1. The van der Waals surface area contributed by atoms with E-state index in [1.165, 1.54) is 6.07 Å². The van der Waals surface area contributed by atoms with E-state index in [0.29, 0.717) is 18.8 Å². The highest BCUT2D eigenvalue weighted by Gasteiger charge is 2.25. The summed E-state index contributed by atoms with van der Waals surface area (Å²) in [4.78, 5) is 16.6. The van der Waals surface area contributed by atoms with E-state index in [1.54, 1.807) is 29.2 Å². The van der Waals surface area contributed by atoms with Crippen molar-refractivity contribution in [1.82, 2.24) is 9.80 Å². The molecule has 1 aliphatic rings. The van der Waals surface area contributed by atoms with Crippen molar-refractivity contribution in [3.8, 4) is 0 Å². The van der Waals surface area contributed by atoms with Gasteiger partial charge in [0.25, 0.3) is 5.91 Å². The number of carbonyl (C=O) groups is 1. The first-order valence-corrected chi connectivity index (χ1v) is 7.84. The van der Waals surface area contributed by atoms with Gasteiger partial charge in [0.15, 0.2) is 11.6 Å². The number of carbonyl (C=O) groups excluding carboxylic acids is 1. The van der Waals surface area contributed by atoms with Crippen LogP contribution in [0.15, 0.2) is 42.5 Å². The minimum atomic E-state index is -1.04. The summed E-state index contributed by atoms with van der Waals surface area (Å²) in [5.41, 5.74) is 0.613. The van der Waals surface area contributed by atoms with Crippen LogP contribution in [-0.4, -0.2) is 48.9 Å². The molecule has 2 aromatic rings. The van der Waals surface area contributed by atoms with Crippen LogP contribution < -0.4 is 5.32 Å². The lowest BCUT2D eigenvalue weighted by molar-refractivity contribution is 0.0664. The van der Waals surface area contributed by atoms with Crippen LogP contribution in [0.5, 0.6) is 0 Å². The summed E-state index contributed by atoms with van der Waals surface area (Å²) in [5.74, 6) is -2.32. The van der Waals surface area contributed by atoms with Gasteiger partial charge in [-0.25, -0.2) is 8.78 Å². The lowest BCUT2D eigenvalue weighted by atomic mass is 10.1. The van der Waals surface area contributed by atoms with E-state index in [-0.39, 0.29) is 17.2 Å². The molecule has 1 N–H and O–H groups in total. The van der Waals surface area contributed by atoms with E-state index >= 15 is 0 Å². The summed E-state index contributed by atoms with van der Waals surface area (Å²) >= 11 is 0. The van der Waals surface area contributed by atoms with Crippen molar-refractivity contribution in [2.24, 2.45) is 0 Å². The second kappa shape index (κ2) is 6.97. The molecule has 1 heterocycles. The molecule has 0 aromatic heterocycles. The van der Waals surface area contributed by atoms with Gasteiger partial charge in [0.05, 0.1) is 11.3 Å². The Balaban J connectivity index is 1.92. The molecule has 1 aliphatic heterocycles.